The second-order valence-corrected chi connectivity index (χ2v) is 4.34. The van der Waals surface area contributed by atoms with Crippen LogP contribution in [-0.2, 0) is 9.53 Å². The predicted octanol–water partition coefficient (Wildman–Crippen LogP) is 3.50. The number of rotatable bonds is 8. The average Bonchev–Trinajstić information content (AvgIpc) is 2.37. The molecule has 0 bridgehead atoms. The third kappa shape index (κ3) is 6.28. The number of hydrogen-bond acceptors (Lipinski definition) is 3. The van der Waals surface area contributed by atoms with Gasteiger partial charge in [0, 0.05) is 6.42 Å². The van der Waals surface area contributed by atoms with Crippen molar-refractivity contribution in [1.29, 1.82) is 0 Å². The van der Waals surface area contributed by atoms with Gasteiger partial charge in [0.1, 0.15) is 5.75 Å². The van der Waals surface area contributed by atoms with Gasteiger partial charge in [-0.25, -0.2) is 0 Å². The average molecular weight is 250 g/mol. The minimum atomic E-state index is -0.129. The predicted molar refractivity (Wildman–Crippen MR) is 71.8 cm³/mol. The van der Waals surface area contributed by atoms with Gasteiger partial charge in [-0.2, -0.15) is 0 Å². The molecule has 0 saturated carbocycles. The number of carbonyl (C=O) groups is 1. The summed E-state index contributed by atoms with van der Waals surface area (Å²) >= 11 is 0. The molecule has 100 valence electrons. The zero-order valence-corrected chi connectivity index (χ0v) is 11.3. The summed E-state index contributed by atoms with van der Waals surface area (Å²) in [6.07, 6.45) is 3.10. The first-order valence-electron chi connectivity index (χ1n) is 6.57. The fraction of sp³-hybridized carbons (Fsp3) is 0.533. The van der Waals surface area contributed by atoms with E-state index < -0.39 is 0 Å². The van der Waals surface area contributed by atoms with Gasteiger partial charge in [-0.05, 0) is 31.9 Å². The second-order valence-electron chi connectivity index (χ2n) is 4.34. The Labute approximate surface area is 109 Å². The zero-order valence-electron chi connectivity index (χ0n) is 11.3. The minimum Gasteiger partial charge on any atom is -0.494 e. The fourth-order valence-electron chi connectivity index (χ4n) is 1.44. The van der Waals surface area contributed by atoms with E-state index in [-0.39, 0.29) is 5.97 Å². The van der Waals surface area contributed by atoms with Crippen LogP contribution < -0.4 is 4.74 Å². The molecule has 3 heteroatoms. The van der Waals surface area contributed by atoms with E-state index in [1.165, 1.54) is 5.56 Å². The number of ether oxygens (including phenoxy) is 2. The molecule has 0 unspecified atom stereocenters. The van der Waals surface area contributed by atoms with Crippen LogP contribution in [0.15, 0.2) is 24.3 Å². The molecule has 0 amide bonds. The van der Waals surface area contributed by atoms with Gasteiger partial charge in [0.2, 0.25) is 0 Å². The molecule has 0 aromatic heterocycles. The van der Waals surface area contributed by atoms with Gasteiger partial charge in [0.15, 0.2) is 0 Å². The summed E-state index contributed by atoms with van der Waals surface area (Å²) in [6.45, 7) is 5.19. The molecular formula is C15H22O3. The highest BCUT2D eigenvalue weighted by atomic mass is 16.5. The molecule has 0 N–H and O–H groups in total. The number of esters is 1. The quantitative estimate of drug-likeness (QED) is 0.523. The van der Waals surface area contributed by atoms with Crippen LogP contribution in [0.2, 0.25) is 0 Å². The van der Waals surface area contributed by atoms with Crippen molar-refractivity contribution in [2.45, 2.75) is 39.5 Å². The highest BCUT2D eigenvalue weighted by Gasteiger charge is 2.02. The maximum Gasteiger partial charge on any atom is 0.305 e. The Bertz CT molecular complexity index is 343. The number of hydrogen-bond donors (Lipinski definition) is 0. The first kappa shape index (κ1) is 14.6. The van der Waals surface area contributed by atoms with Crippen LogP contribution >= 0.6 is 0 Å². The minimum absolute atomic E-state index is 0.129. The van der Waals surface area contributed by atoms with Crippen molar-refractivity contribution in [3.05, 3.63) is 29.8 Å². The monoisotopic (exact) mass is 250 g/mol. The Morgan fingerprint density at radius 2 is 1.83 bits per heavy atom. The summed E-state index contributed by atoms with van der Waals surface area (Å²) in [5, 5.41) is 0. The van der Waals surface area contributed by atoms with Crippen LogP contribution in [0, 0.1) is 6.92 Å². The smallest absolute Gasteiger partial charge is 0.305 e. The summed E-state index contributed by atoms with van der Waals surface area (Å²) in [4.78, 5) is 11.3. The fourth-order valence-corrected chi connectivity index (χ4v) is 1.44. The lowest BCUT2D eigenvalue weighted by Gasteiger charge is -2.06. The van der Waals surface area contributed by atoms with Crippen molar-refractivity contribution in [3.8, 4) is 5.75 Å². The Balaban J connectivity index is 2.07. The number of unbranched alkanes of at least 4 members (excludes halogenated alkanes) is 1. The van der Waals surface area contributed by atoms with Crippen molar-refractivity contribution >= 4 is 5.97 Å². The maximum absolute atomic E-state index is 11.3. The van der Waals surface area contributed by atoms with Gasteiger partial charge < -0.3 is 9.47 Å². The van der Waals surface area contributed by atoms with E-state index in [1.54, 1.807) is 0 Å². The molecule has 3 nitrogen and oxygen atoms in total. The Kier molecular flexibility index (Phi) is 6.92. The number of carbonyl (C=O) groups excluding carboxylic acids is 1. The van der Waals surface area contributed by atoms with E-state index in [0.29, 0.717) is 26.1 Å². The molecular weight excluding hydrogens is 228 g/mol. The molecule has 0 spiro atoms. The SMILES string of the molecule is CCCCOC(=O)CCCOc1ccc(C)cc1. The van der Waals surface area contributed by atoms with Crippen LogP contribution in [0.1, 0.15) is 38.2 Å². The zero-order chi connectivity index (χ0) is 13.2. The normalized spacial score (nSPS) is 10.1. The number of aryl methyl sites for hydroxylation is 1. The lowest BCUT2D eigenvalue weighted by molar-refractivity contribution is -0.144. The topological polar surface area (TPSA) is 35.5 Å². The maximum atomic E-state index is 11.3. The standard InChI is InChI=1S/C15H22O3/c1-3-4-11-18-15(16)6-5-12-17-14-9-7-13(2)8-10-14/h7-10H,3-6,11-12H2,1-2H3. The van der Waals surface area contributed by atoms with Crippen molar-refractivity contribution in [1.82, 2.24) is 0 Å². The van der Waals surface area contributed by atoms with Crippen LogP contribution in [-0.4, -0.2) is 19.2 Å². The van der Waals surface area contributed by atoms with Crippen LogP contribution in [0.3, 0.4) is 0 Å². The molecule has 0 aliphatic heterocycles. The lowest BCUT2D eigenvalue weighted by Crippen LogP contribution is -2.08. The third-order valence-corrected chi connectivity index (χ3v) is 2.58. The third-order valence-electron chi connectivity index (χ3n) is 2.58. The first-order chi connectivity index (χ1) is 8.72. The van der Waals surface area contributed by atoms with Gasteiger partial charge in [0.25, 0.3) is 0 Å². The van der Waals surface area contributed by atoms with Gasteiger partial charge >= 0.3 is 5.97 Å². The van der Waals surface area contributed by atoms with Crippen molar-refractivity contribution in [2.24, 2.45) is 0 Å². The largest absolute Gasteiger partial charge is 0.494 e. The summed E-state index contributed by atoms with van der Waals surface area (Å²) in [5.41, 5.74) is 1.21. The van der Waals surface area contributed by atoms with Gasteiger partial charge in [-0.3, -0.25) is 4.79 Å². The molecule has 0 fully saturated rings. The molecule has 0 radical (unpaired) electrons. The molecule has 1 aromatic carbocycles. The van der Waals surface area contributed by atoms with Crippen molar-refractivity contribution < 1.29 is 14.3 Å². The molecule has 0 aliphatic rings. The highest BCUT2D eigenvalue weighted by Crippen LogP contribution is 2.11. The molecule has 18 heavy (non-hydrogen) atoms. The molecule has 0 atom stereocenters. The summed E-state index contributed by atoms with van der Waals surface area (Å²) < 4.78 is 10.6. The first-order valence-corrected chi connectivity index (χ1v) is 6.57. The van der Waals surface area contributed by atoms with Crippen LogP contribution in [0.25, 0.3) is 0 Å². The van der Waals surface area contributed by atoms with E-state index in [1.807, 2.05) is 31.2 Å². The van der Waals surface area contributed by atoms with Gasteiger partial charge in [-0.1, -0.05) is 31.0 Å². The Morgan fingerprint density at radius 3 is 2.50 bits per heavy atom. The van der Waals surface area contributed by atoms with Gasteiger partial charge in [-0.15, -0.1) is 0 Å². The van der Waals surface area contributed by atoms with Crippen LogP contribution in [0.5, 0.6) is 5.75 Å². The molecule has 0 saturated heterocycles. The summed E-state index contributed by atoms with van der Waals surface area (Å²) in [5.74, 6) is 0.718. The molecule has 1 aromatic rings. The Morgan fingerprint density at radius 1 is 1.11 bits per heavy atom. The van der Waals surface area contributed by atoms with E-state index in [0.717, 1.165) is 18.6 Å². The van der Waals surface area contributed by atoms with Crippen molar-refractivity contribution in [3.63, 3.8) is 0 Å². The second kappa shape index (κ2) is 8.56. The summed E-state index contributed by atoms with van der Waals surface area (Å²) in [7, 11) is 0. The Hall–Kier alpha value is -1.51. The lowest BCUT2D eigenvalue weighted by atomic mass is 10.2. The van der Waals surface area contributed by atoms with Crippen molar-refractivity contribution in [2.75, 3.05) is 13.2 Å². The van der Waals surface area contributed by atoms with Gasteiger partial charge in [0.05, 0.1) is 13.2 Å². The molecule has 0 aliphatic carbocycles. The van der Waals surface area contributed by atoms with E-state index >= 15 is 0 Å². The number of benzene rings is 1. The van der Waals surface area contributed by atoms with Crippen LogP contribution in [0.4, 0.5) is 0 Å². The van der Waals surface area contributed by atoms with E-state index in [2.05, 4.69) is 6.92 Å². The van der Waals surface area contributed by atoms with E-state index in [4.69, 9.17) is 9.47 Å². The van der Waals surface area contributed by atoms with E-state index in [9.17, 15) is 4.79 Å². The molecule has 1 rings (SSSR count). The molecule has 0 heterocycles. The summed E-state index contributed by atoms with van der Waals surface area (Å²) in [6, 6.07) is 7.90. The highest BCUT2D eigenvalue weighted by molar-refractivity contribution is 5.69.